The van der Waals surface area contributed by atoms with Gasteiger partial charge in [-0.25, -0.2) is 4.57 Å². The van der Waals surface area contributed by atoms with E-state index in [1.807, 2.05) is 6.33 Å². The highest BCUT2D eigenvalue weighted by Crippen LogP contribution is 2.45. The van der Waals surface area contributed by atoms with Gasteiger partial charge in [-0.1, -0.05) is 24.3 Å². The molecular formula is C25H22N3O+. The van der Waals surface area contributed by atoms with Crippen molar-refractivity contribution in [3.8, 4) is 5.75 Å². The van der Waals surface area contributed by atoms with Gasteiger partial charge in [0.15, 0.2) is 5.52 Å². The Hall–Kier alpha value is -3.40. The van der Waals surface area contributed by atoms with Crippen molar-refractivity contribution < 1.29 is 9.30 Å². The van der Waals surface area contributed by atoms with Crippen molar-refractivity contribution >= 4 is 49.1 Å². The fraction of sp³-hybridized carbons (Fsp3) is 0.200. The molecule has 0 aliphatic rings. The fourth-order valence-electron chi connectivity index (χ4n) is 5.18. The Labute approximate surface area is 168 Å². The second-order valence-electron chi connectivity index (χ2n) is 8.11. The zero-order chi connectivity index (χ0) is 20.0. The molecule has 6 aromatic rings. The summed E-state index contributed by atoms with van der Waals surface area (Å²) in [7, 11) is 3.84. The van der Waals surface area contributed by atoms with Crippen LogP contribution in [0.1, 0.15) is 16.7 Å². The quantitative estimate of drug-likeness (QED) is 0.225. The lowest BCUT2D eigenvalue weighted by molar-refractivity contribution is -0.646. The number of aryl methyl sites for hydroxylation is 4. The van der Waals surface area contributed by atoms with Gasteiger partial charge < -0.3 is 9.14 Å². The Kier molecular flexibility index (Phi) is 3.05. The first-order valence-electron chi connectivity index (χ1n) is 9.93. The molecule has 0 amide bonds. The van der Waals surface area contributed by atoms with Crippen molar-refractivity contribution in [3.05, 3.63) is 59.4 Å². The van der Waals surface area contributed by atoms with E-state index < -0.39 is 0 Å². The van der Waals surface area contributed by atoms with Gasteiger partial charge in [0.1, 0.15) is 11.3 Å². The second-order valence-corrected chi connectivity index (χ2v) is 8.11. The van der Waals surface area contributed by atoms with Gasteiger partial charge in [0.05, 0.1) is 41.5 Å². The number of benzene rings is 3. The standard InChI is InChI=1S/C25H22N3O/c1-13-10-14(2)23-20(15(13)3)24-22-17(26-12-27(24)4)11-19(29-5)21-16-8-6-7-9-18(16)28(23)25(21)22/h6-12H,1-5H3/q+1. The van der Waals surface area contributed by atoms with Crippen LogP contribution in [-0.2, 0) is 7.05 Å². The predicted octanol–water partition coefficient (Wildman–Crippen LogP) is 5.14. The Morgan fingerprint density at radius 1 is 0.931 bits per heavy atom. The molecule has 0 aliphatic carbocycles. The van der Waals surface area contributed by atoms with Crippen LogP contribution in [0.15, 0.2) is 42.7 Å². The number of fused-ring (bicyclic) bond motifs is 6. The number of aromatic nitrogens is 3. The number of methoxy groups -OCH3 is 1. The molecule has 4 nitrogen and oxygen atoms in total. The van der Waals surface area contributed by atoms with E-state index in [1.54, 1.807) is 7.11 Å². The molecular weight excluding hydrogens is 358 g/mol. The monoisotopic (exact) mass is 380 g/mol. The highest BCUT2D eigenvalue weighted by molar-refractivity contribution is 6.28. The van der Waals surface area contributed by atoms with Crippen LogP contribution in [0.4, 0.5) is 0 Å². The minimum Gasteiger partial charge on any atom is -0.496 e. The van der Waals surface area contributed by atoms with E-state index in [-0.39, 0.29) is 0 Å². The van der Waals surface area contributed by atoms with E-state index in [9.17, 15) is 0 Å². The van der Waals surface area contributed by atoms with Crippen molar-refractivity contribution in [3.63, 3.8) is 0 Å². The van der Waals surface area contributed by atoms with E-state index in [1.165, 1.54) is 54.9 Å². The van der Waals surface area contributed by atoms with E-state index in [2.05, 4.69) is 73.2 Å². The van der Waals surface area contributed by atoms with Gasteiger partial charge in [-0.2, -0.15) is 0 Å². The molecule has 0 unspecified atom stereocenters. The topological polar surface area (TPSA) is 30.4 Å². The van der Waals surface area contributed by atoms with Crippen LogP contribution in [0.2, 0.25) is 0 Å². The summed E-state index contributed by atoms with van der Waals surface area (Å²) >= 11 is 0. The molecule has 0 atom stereocenters. The minimum absolute atomic E-state index is 0.875. The fourth-order valence-corrected chi connectivity index (χ4v) is 5.18. The summed E-state index contributed by atoms with van der Waals surface area (Å²) in [5, 5.41) is 4.87. The summed E-state index contributed by atoms with van der Waals surface area (Å²) < 4.78 is 10.5. The first-order valence-corrected chi connectivity index (χ1v) is 9.93. The van der Waals surface area contributed by atoms with Crippen LogP contribution in [0.3, 0.4) is 0 Å². The average Bonchev–Trinajstić information content (AvgIpc) is 3.07. The molecule has 0 saturated carbocycles. The molecule has 0 bridgehead atoms. The maximum absolute atomic E-state index is 5.85. The summed E-state index contributed by atoms with van der Waals surface area (Å²) in [4.78, 5) is 4.76. The third-order valence-corrected chi connectivity index (χ3v) is 6.53. The molecule has 3 aromatic carbocycles. The van der Waals surface area contributed by atoms with Crippen LogP contribution in [0, 0.1) is 20.8 Å². The van der Waals surface area contributed by atoms with Crippen LogP contribution in [-0.4, -0.2) is 16.5 Å². The summed E-state index contributed by atoms with van der Waals surface area (Å²) in [6, 6.07) is 13.0. The number of nitrogens with zero attached hydrogens (tertiary/aromatic N) is 3. The maximum Gasteiger partial charge on any atom is 0.287 e. The molecule has 4 heteroatoms. The summed E-state index contributed by atoms with van der Waals surface area (Å²) in [6.45, 7) is 6.65. The first kappa shape index (κ1) is 16.5. The Bertz CT molecular complexity index is 1620. The van der Waals surface area contributed by atoms with Crippen LogP contribution in [0.5, 0.6) is 5.75 Å². The molecule has 0 saturated heterocycles. The third-order valence-electron chi connectivity index (χ3n) is 6.53. The number of para-hydroxylation sites is 1. The van der Waals surface area contributed by atoms with Gasteiger partial charge in [0.25, 0.3) is 6.33 Å². The van der Waals surface area contributed by atoms with Gasteiger partial charge in [-0.05, 0) is 48.5 Å². The number of hydrogen-bond donors (Lipinski definition) is 0. The zero-order valence-electron chi connectivity index (χ0n) is 17.3. The molecule has 3 heterocycles. The summed E-state index contributed by atoms with van der Waals surface area (Å²) in [5.74, 6) is 0.875. The van der Waals surface area contributed by atoms with E-state index in [4.69, 9.17) is 9.72 Å². The Balaban J connectivity index is 2.17. The van der Waals surface area contributed by atoms with E-state index in [0.29, 0.717) is 0 Å². The third kappa shape index (κ3) is 1.84. The van der Waals surface area contributed by atoms with E-state index >= 15 is 0 Å². The number of ether oxygens (including phenoxy) is 1. The lowest BCUT2D eigenvalue weighted by Crippen LogP contribution is -2.30. The lowest BCUT2D eigenvalue weighted by Gasteiger charge is -2.17. The minimum atomic E-state index is 0.875. The van der Waals surface area contributed by atoms with Crippen molar-refractivity contribution in [2.45, 2.75) is 20.8 Å². The molecule has 6 rings (SSSR count). The van der Waals surface area contributed by atoms with Gasteiger partial charge in [-0.15, -0.1) is 0 Å². The normalized spacial score (nSPS) is 12.3. The van der Waals surface area contributed by atoms with Gasteiger partial charge in [-0.3, -0.25) is 0 Å². The Morgan fingerprint density at radius 3 is 2.52 bits per heavy atom. The van der Waals surface area contributed by atoms with Crippen molar-refractivity contribution in [2.75, 3.05) is 7.11 Å². The predicted molar refractivity (Wildman–Crippen MR) is 118 cm³/mol. The highest BCUT2D eigenvalue weighted by Gasteiger charge is 2.27. The molecule has 29 heavy (non-hydrogen) atoms. The lowest BCUT2D eigenvalue weighted by atomic mass is 9.96. The summed E-state index contributed by atoms with van der Waals surface area (Å²) in [5.41, 5.74) is 9.79. The second kappa shape index (κ2) is 5.35. The van der Waals surface area contributed by atoms with Crippen molar-refractivity contribution in [2.24, 2.45) is 7.05 Å². The smallest absolute Gasteiger partial charge is 0.287 e. The zero-order valence-corrected chi connectivity index (χ0v) is 17.3. The van der Waals surface area contributed by atoms with E-state index in [0.717, 1.165) is 16.7 Å². The molecule has 3 aromatic heterocycles. The van der Waals surface area contributed by atoms with Gasteiger partial charge in [0.2, 0.25) is 0 Å². The Morgan fingerprint density at radius 2 is 1.72 bits per heavy atom. The van der Waals surface area contributed by atoms with Crippen LogP contribution in [0.25, 0.3) is 49.1 Å². The first-order chi connectivity index (χ1) is 14.0. The number of hydrogen-bond acceptors (Lipinski definition) is 2. The van der Waals surface area contributed by atoms with Crippen LogP contribution < -0.4 is 9.30 Å². The van der Waals surface area contributed by atoms with Gasteiger partial charge >= 0.3 is 0 Å². The van der Waals surface area contributed by atoms with Gasteiger partial charge in [0, 0.05) is 16.8 Å². The summed E-state index contributed by atoms with van der Waals surface area (Å²) in [6.07, 6.45) is 1.92. The molecule has 0 aliphatic heterocycles. The molecule has 0 spiro atoms. The van der Waals surface area contributed by atoms with Crippen molar-refractivity contribution in [1.29, 1.82) is 0 Å². The molecule has 142 valence electrons. The average molecular weight is 380 g/mol. The highest BCUT2D eigenvalue weighted by atomic mass is 16.5. The maximum atomic E-state index is 5.85. The largest absolute Gasteiger partial charge is 0.496 e. The number of rotatable bonds is 1. The molecule has 0 N–H and O–H groups in total. The number of pyridine rings is 1. The SMILES string of the molecule is COc1cc2nc[n+](C)c3c4c(C)c(C)cc(C)c4n4c5ccccc5c1c4c23. The van der Waals surface area contributed by atoms with Crippen molar-refractivity contribution in [1.82, 2.24) is 9.38 Å². The van der Waals surface area contributed by atoms with Crippen LogP contribution >= 0.6 is 0 Å². The molecule has 0 radical (unpaired) electrons. The molecule has 0 fully saturated rings.